The minimum Gasteiger partial charge on any atom is -0.489 e. The summed E-state index contributed by atoms with van der Waals surface area (Å²) in [7, 11) is 0. The van der Waals surface area contributed by atoms with E-state index in [1.807, 2.05) is 58.0 Å². The number of aryl methyl sites for hydroxylation is 1. The zero-order valence-corrected chi connectivity index (χ0v) is 12.8. The molecule has 0 fully saturated rings. The van der Waals surface area contributed by atoms with Crippen molar-refractivity contribution in [3.05, 3.63) is 65.7 Å². The molecule has 0 saturated carbocycles. The fraction of sp³-hybridized carbons (Fsp3) is 0.333. The second kappa shape index (κ2) is 11.3. The van der Waals surface area contributed by atoms with Gasteiger partial charge < -0.3 is 4.74 Å². The van der Waals surface area contributed by atoms with Gasteiger partial charge in [-0.25, -0.2) is 0 Å². The summed E-state index contributed by atoms with van der Waals surface area (Å²) in [6.45, 7) is 10.7. The van der Waals surface area contributed by atoms with Crippen LogP contribution in [0.1, 0.15) is 38.8 Å². The number of hydrogen-bond donors (Lipinski definition) is 0. The summed E-state index contributed by atoms with van der Waals surface area (Å²) in [6, 6.07) is 18.3. The average molecular weight is 258 g/mol. The minimum atomic E-state index is 0.629. The van der Waals surface area contributed by atoms with E-state index >= 15 is 0 Å². The van der Waals surface area contributed by atoms with Crippen molar-refractivity contribution >= 4 is 0 Å². The van der Waals surface area contributed by atoms with Crippen LogP contribution < -0.4 is 4.74 Å². The highest BCUT2D eigenvalue weighted by Crippen LogP contribution is 2.13. The highest BCUT2D eigenvalue weighted by molar-refractivity contribution is 5.26. The molecular weight excluding hydrogens is 232 g/mol. The normalized spacial score (nSPS) is 8.47. The van der Waals surface area contributed by atoms with Crippen molar-refractivity contribution in [1.29, 1.82) is 0 Å². The summed E-state index contributed by atoms with van der Waals surface area (Å²) < 4.78 is 5.65. The molecule has 0 N–H and O–H groups in total. The Labute approximate surface area is 118 Å². The molecule has 2 aromatic carbocycles. The lowest BCUT2D eigenvalue weighted by atomic mass is 10.2. The number of rotatable bonds is 3. The molecule has 0 aliphatic rings. The standard InChI is InChI=1S/C14H14O.2C2H6/c1-12-7-9-14(10-8-12)15-11-13-5-3-2-4-6-13;2*1-2/h2-10H,11H2,1H3;2*1-2H3. The molecule has 0 amide bonds. The van der Waals surface area contributed by atoms with Crippen molar-refractivity contribution in [2.45, 2.75) is 41.2 Å². The smallest absolute Gasteiger partial charge is 0.119 e. The molecule has 0 aliphatic heterocycles. The Kier molecular flexibility index (Phi) is 10.3. The van der Waals surface area contributed by atoms with Crippen LogP contribution in [0.2, 0.25) is 0 Å². The average Bonchev–Trinajstić information content (AvgIpc) is 2.52. The summed E-state index contributed by atoms with van der Waals surface area (Å²) in [5.41, 5.74) is 2.44. The predicted octanol–water partition coefficient (Wildman–Crippen LogP) is 5.63. The van der Waals surface area contributed by atoms with Crippen LogP contribution in [0.4, 0.5) is 0 Å². The van der Waals surface area contributed by atoms with Crippen LogP contribution in [-0.4, -0.2) is 0 Å². The van der Waals surface area contributed by atoms with Gasteiger partial charge in [0, 0.05) is 0 Å². The molecule has 1 heteroatoms. The SMILES string of the molecule is CC.CC.Cc1ccc(OCc2ccccc2)cc1. The lowest BCUT2D eigenvalue weighted by molar-refractivity contribution is 0.306. The van der Waals surface area contributed by atoms with Gasteiger partial charge in [0.2, 0.25) is 0 Å². The van der Waals surface area contributed by atoms with Crippen molar-refractivity contribution in [2.75, 3.05) is 0 Å². The summed E-state index contributed by atoms with van der Waals surface area (Å²) in [5.74, 6) is 0.921. The van der Waals surface area contributed by atoms with Gasteiger partial charge in [0.05, 0.1) is 0 Å². The zero-order chi connectivity index (χ0) is 14.5. The lowest BCUT2D eigenvalue weighted by Gasteiger charge is -2.06. The van der Waals surface area contributed by atoms with Crippen molar-refractivity contribution in [2.24, 2.45) is 0 Å². The summed E-state index contributed by atoms with van der Waals surface area (Å²) in [6.07, 6.45) is 0. The Morgan fingerprint density at radius 1 is 0.737 bits per heavy atom. The van der Waals surface area contributed by atoms with E-state index in [0.717, 1.165) is 5.75 Å². The van der Waals surface area contributed by atoms with Gasteiger partial charge in [-0.1, -0.05) is 75.7 Å². The van der Waals surface area contributed by atoms with E-state index in [-0.39, 0.29) is 0 Å². The number of benzene rings is 2. The molecule has 1 nitrogen and oxygen atoms in total. The molecule has 0 aromatic heterocycles. The van der Waals surface area contributed by atoms with Crippen LogP contribution in [0.5, 0.6) is 5.75 Å². The summed E-state index contributed by atoms with van der Waals surface area (Å²) in [5, 5.41) is 0. The molecule has 19 heavy (non-hydrogen) atoms. The third-order valence-corrected chi connectivity index (χ3v) is 2.27. The maximum Gasteiger partial charge on any atom is 0.119 e. The molecule has 2 aromatic rings. The maximum atomic E-state index is 5.65. The Morgan fingerprint density at radius 2 is 1.26 bits per heavy atom. The quantitative estimate of drug-likeness (QED) is 0.693. The van der Waals surface area contributed by atoms with Crippen LogP contribution in [0, 0.1) is 6.92 Å². The van der Waals surface area contributed by atoms with Crippen LogP contribution in [0.3, 0.4) is 0 Å². The molecule has 0 spiro atoms. The molecular formula is C18H26O. The highest BCUT2D eigenvalue weighted by atomic mass is 16.5. The van der Waals surface area contributed by atoms with E-state index in [4.69, 9.17) is 4.74 Å². The van der Waals surface area contributed by atoms with Gasteiger partial charge in [0.1, 0.15) is 12.4 Å². The fourth-order valence-corrected chi connectivity index (χ4v) is 1.38. The maximum absolute atomic E-state index is 5.65. The molecule has 0 aliphatic carbocycles. The zero-order valence-electron chi connectivity index (χ0n) is 12.8. The Bertz CT molecular complexity index is 403. The van der Waals surface area contributed by atoms with Crippen molar-refractivity contribution in [1.82, 2.24) is 0 Å². The third kappa shape index (κ3) is 7.30. The van der Waals surface area contributed by atoms with Crippen LogP contribution in [0.15, 0.2) is 54.6 Å². The van der Waals surface area contributed by atoms with Gasteiger partial charge in [-0.2, -0.15) is 0 Å². The van der Waals surface area contributed by atoms with Gasteiger partial charge >= 0.3 is 0 Å². The van der Waals surface area contributed by atoms with E-state index in [2.05, 4.69) is 31.2 Å². The molecule has 0 bridgehead atoms. The Balaban J connectivity index is 0.000000741. The van der Waals surface area contributed by atoms with Crippen molar-refractivity contribution < 1.29 is 4.74 Å². The number of ether oxygens (including phenoxy) is 1. The molecule has 0 unspecified atom stereocenters. The van der Waals surface area contributed by atoms with Crippen LogP contribution in [0.25, 0.3) is 0 Å². The monoisotopic (exact) mass is 258 g/mol. The Morgan fingerprint density at radius 3 is 1.79 bits per heavy atom. The molecule has 0 saturated heterocycles. The van der Waals surface area contributed by atoms with E-state index < -0.39 is 0 Å². The second-order valence-electron chi connectivity index (χ2n) is 3.59. The minimum absolute atomic E-state index is 0.629. The lowest BCUT2D eigenvalue weighted by Crippen LogP contribution is -1.94. The second-order valence-corrected chi connectivity index (χ2v) is 3.59. The first-order chi connectivity index (χ1) is 9.34. The van der Waals surface area contributed by atoms with E-state index in [9.17, 15) is 0 Å². The Hall–Kier alpha value is -1.76. The van der Waals surface area contributed by atoms with Crippen LogP contribution >= 0.6 is 0 Å². The van der Waals surface area contributed by atoms with Gasteiger partial charge in [0.25, 0.3) is 0 Å². The van der Waals surface area contributed by atoms with Crippen LogP contribution in [-0.2, 0) is 6.61 Å². The largest absolute Gasteiger partial charge is 0.489 e. The van der Waals surface area contributed by atoms with E-state index in [1.54, 1.807) is 0 Å². The summed E-state index contributed by atoms with van der Waals surface area (Å²) >= 11 is 0. The molecule has 104 valence electrons. The topological polar surface area (TPSA) is 9.23 Å². The third-order valence-electron chi connectivity index (χ3n) is 2.27. The predicted molar refractivity (Wildman–Crippen MR) is 84.6 cm³/mol. The molecule has 0 atom stereocenters. The first-order valence-electron chi connectivity index (χ1n) is 7.08. The van der Waals surface area contributed by atoms with E-state index in [1.165, 1.54) is 11.1 Å². The molecule has 0 radical (unpaired) electrons. The van der Waals surface area contributed by atoms with Gasteiger partial charge in [0.15, 0.2) is 0 Å². The van der Waals surface area contributed by atoms with Gasteiger partial charge in [-0.05, 0) is 24.6 Å². The van der Waals surface area contributed by atoms with Gasteiger partial charge in [-0.15, -0.1) is 0 Å². The van der Waals surface area contributed by atoms with Crippen molar-refractivity contribution in [3.8, 4) is 5.75 Å². The van der Waals surface area contributed by atoms with Gasteiger partial charge in [-0.3, -0.25) is 0 Å². The first kappa shape index (κ1) is 17.2. The molecule has 2 rings (SSSR count). The number of hydrogen-bond acceptors (Lipinski definition) is 1. The van der Waals surface area contributed by atoms with E-state index in [0.29, 0.717) is 6.61 Å². The van der Waals surface area contributed by atoms with Crippen molar-refractivity contribution in [3.63, 3.8) is 0 Å². The summed E-state index contributed by atoms with van der Waals surface area (Å²) in [4.78, 5) is 0. The first-order valence-corrected chi connectivity index (χ1v) is 7.08. The fourth-order valence-electron chi connectivity index (χ4n) is 1.38. The molecule has 0 heterocycles. The highest BCUT2D eigenvalue weighted by Gasteiger charge is 1.94.